The fraction of sp³-hybridized carbons (Fsp3) is 0.278. The fourth-order valence-corrected chi connectivity index (χ4v) is 2.79. The van der Waals surface area contributed by atoms with E-state index in [0.29, 0.717) is 18.2 Å². The molecule has 2 aromatic rings. The van der Waals surface area contributed by atoms with Crippen LogP contribution in [0.1, 0.15) is 13.8 Å². The van der Waals surface area contributed by atoms with E-state index in [1.165, 1.54) is 0 Å². The lowest BCUT2D eigenvalue weighted by Crippen LogP contribution is -2.54. The van der Waals surface area contributed by atoms with Gasteiger partial charge in [0.25, 0.3) is 5.91 Å². The molecule has 120 valence electrons. The SMILES string of the molecule is CC1(C)Nc2ccccc2N(CCOc2ccc(Cl)cc2)C1=O. The van der Waals surface area contributed by atoms with Crippen molar-refractivity contribution in [3.8, 4) is 5.75 Å². The number of ether oxygens (including phenoxy) is 1. The largest absolute Gasteiger partial charge is 0.492 e. The molecule has 0 unspecified atom stereocenters. The van der Waals surface area contributed by atoms with Crippen LogP contribution in [0.4, 0.5) is 11.4 Å². The van der Waals surface area contributed by atoms with Gasteiger partial charge in [-0.15, -0.1) is 0 Å². The van der Waals surface area contributed by atoms with Crippen LogP contribution in [0.5, 0.6) is 5.75 Å². The van der Waals surface area contributed by atoms with Crippen LogP contribution in [0.3, 0.4) is 0 Å². The normalized spacial score (nSPS) is 15.8. The topological polar surface area (TPSA) is 41.6 Å². The van der Waals surface area contributed by atoms with E-state index >= 15 is 0 Å². The number of benzene rings is 2. The van der Waals surface area contributed by atoms with Crippen LogP contribution in [-0.2, 0) is 4.79 Å². The maximum Gasteiger partial charge on any atom is 0.252 e. The van der Waals surface area contributed by atoms with E-state index in [4.69, 9.17) is 16.3 Å². The highest BCUT2D eigenvalue weighted by Gasteiger charge is 2.38. The van der Waals surface area contributed by atoms with E-state index in [9.17, 15) is 4.79 Å². The molecule has 23 heavy (non-hydrogen) atoms. The van der Waals surface area contributed by atoms with Gasteiger partial charge >= 0.3 is 0 Å². The quantitative estimate of drug-likeness (QED) is 0.922. The van der Waals surface area contributed by atoms with Crippen molar-refractivity contribution in [2.24, 2.45) is 0 Å². The molecule has 1 aliphatic rings. The highest BCUT2D eigenvalue weighted by atomic mass is 35.5. The number of rotatable bonds is 4. The number of amides is 1. The van der Waals surface area contributed by atoms with Gasteiger partial charge in [-0.2, -0.15) is 0 Å². The Labute approximate surface area is 141 Å². The number of halogens is 1. The first-order valence-electron chi connectivity index (χ1n) is 7.55. The molecule has 2 aromatic carbocycles. The van der Waals surface area contributed by atoms with E-state index in [1.807, 2.05) is 50.2 Å². The average Bonchev–Trinajstić information content (AvgIpc) is 2.52. The molecule has 0 spiro atoms. The van der Waals surface area contributed by atoms with Gasteiger partial charge in [-0.1, -0.05) is 23.7 Å². The lowest BCUT2D eigenvalue weighted by atomic mass is 9.98. The van der Waals surface area contributed by atoms with Crippen LogP contribution in [0.15, 0.2) is 48.5 Å². The Bertz CT molecular complexity index is 713. The van der Waals surface area contributed by atoms with Crippen LogP contribution >= 0.6 is 11.6 Å². The van der Waals surface area contributed by atoms with Gasteiger partial charge in [-0.05, 0) is 50.2 Å². The summed E-state index contributed by atoms with van der Waals surface area (Å²) in [4.78, 5) is 14.5. The molecule has 0 bridgehead atoms. The van der Waals surface area contributed by atoms with Gasteiger partial charge in [0.2, 0.25) is 0 Å². The lowest BCUT2D eigenvalue weighted by molar-refractivity contribution is -0.122. The minimum absolute atomic E-state index is 0.0379. The van der Waals surface area contributed by atoms with Crippen molar-refractivity contribution < 1.29 is 9.53 Å². The Morgan fingerprint density at radius 2 is 1.83 bits per heavy atom. The maximum atomic E-state index is 12.7. The number of para-hydroxylation sites is 2. The van der Waals surface area contributed by atoms with Crippen molar-refractivity contribution in [3.63, 3.8) is 0 Å². The third-order valence-electron chi connectivity index (χ3n) is 3.82. The molecule has 0 radical (unpaired) electrons. The van der Waals surface area contributed by atoms with Crippen molar-refractivity contribution in [3.05, 3.63) is 53.6 Å². The van der Waals surface area contributed by atoms with Crippen LogP contribution in [0.2, 0.25) is 5.02 Å². The summed E-state index contributed by atoms with van der Waals surface area (Å²) in [6, 6.07) is 15.0. The summed E-state index contributed by atoms with van der Waals surface area (Å²) < 4.78 is 5.72. The van der Waals surface area contributed by atoms with Gasteiger partial charge in [0.1, 0.15) is 17.9 Å². The standard InChI is InChI=1S/C18H19ClN2O2/c1-18(2)17(22)21(16-6-4-3-5-15(16)20-18)11-12-23-14-9-7-13(19)8-10-14/h3-10,20H,11-12H2,1-2H3. The van der Waals surface area contributed by atoms with E-state index in [-0.39, 0.29) is 5.91 Å². The second-order valence-corrected chi connectivity index (χ2v) is 6.46. The Morgan fingerprint density at radius 3 is 2.57 bits per heavy atom. The van der Waals surface area contributed by atoms with Gasteiger partial charge in [-0.3, -0.25) is 4.79 Å². The summed E-state index contributed by atoms with van der Waals surface area (Å²) in [6.45, 7) is 4.68. The van der Waals surface area contributed by atoms with Crippen molar-refractivity contribution in [1.29, 1.82) is 0 Å². The Balaban J connectivity index is 1.73. The van der Waals surface area contributed by atoms with E-state index in [1.54, 1.807) is 17.0 Å². The number of hydrogen-bond donors (Lipinski definition) is 1. The molecule has 0 aliphatic carbocycles. The second kappa shape index (κ2) is 6.13. The molecule has 0 atom stereocenters. The Kier molecular flexibility index (Phi) is 4.18. The van der Waals surface area contributed by atoms with Gasteiger partial charge in [0, 0.05) is 5.02 Å². The zero-order valence-corrected chi connectivity index (χ0v) is 13.9. The molecule has 1 N–H and O–H groups in total. The number of nitrogens with one attached hydrogen (secondary N) is 1. The number of nitrogens with zero attached hydrogens (tertiary/aromatic N) is 1. The summed E-state index contributed by atoms with van der Waals surface area (Å²) in [5.74, 6) is 0.778. The second-order valence-electron chi connectivity index (χ2n) is 6.03. The van der Waals surface area contributed by atoms with Crippen molar-refractivity contribution in [1.82, 2.24) is 0 Å². The van der Waals surface area contributed by atoms with Crippen LogP contribution in [-0.4, -0.2) is 24.6 Å². The van der Waals surface area contributed by atoms with Crippen LogP contribution < -0.4 is 15.0 Å². The van der Waals surface area contributed by atoms with Gasteiger partial charge in [0.05, 0.1) is 17.9 Å². The van der Waals surface area contributed by atoms with E-state index in [0.717, 1.165) is 17.1 Å². The monoisotopic (exact) mass is 330 g/mol. The highest BCUT2D eigenvalue weighted by Crippen LogP contribution is 2.34. The van der Waals surface area contributed by atoms with Gasteiger partial charge in [0.15, 0.2) is 0 Å². The van der Waals surface area contributed by atoms with Gasteiger partial charge in [-0.25, -0.2) is 0 Å². The molecule has 3 rings (SSSR count). The zero-order valence-electron chi connectivity index (χ0n) is 13.2. The molecule has 0 aromatic heterocycles. The number of fused-ring (bicyclic) bond motifs is 1. The van der Waals surface area contributed by atoms with Crippen molar-refractivity contribution in [2.45, 2.75) is 19.4 Å². The minimum Gasteiger partial charge on any atom is -0.492 e. The predicted molar refractivity (Wildman–Crippen MR) is 93.4 cm³/mol. The minimum atomic E-state index is -0.630. The van der Waals surface area contributed by atoms with E-state index in [2.05, 4.69) is 5.32 Å². The molecule has 0 saturated carbocycles. The van der Waals surface area contributed by atoms with Crippen LogP contribution in [0.25, 0.3) is 0 Å². The molecule has 1 aliphatic heterocycles. The van der Waals surface area contributed by atoms with E-state index < -0.39 is 5.54 Å². The molecular formula is C18H19ClN2O2. The first-order chi connectivity index (χ1) is 11.0. The third kappa shape index (κ3) is 3.27. The third-order valence-corrected chi connectivity index (χ3v) is 4.07. The molecule has 1 amide bonds. The maximum absolute atomic E-state index is 12.7. The molecular weight excluding hydrogens is 312 g/mol. The lowest BCUT2D eigenvalue weighted by Gasteiger charge is -2.39. The highest BCUT2D eigenvalue weighted by molar-refractivity contribution is 6.30. The van der Waals surface area contributed by atoms with Crippen molar-refractivity contribution in [2.75, 3.05) is 23.4 Å². The number of hydrogen-bond acceptors (Lipinski definition) is 3. The summed E-state index contributed by atoms with van der Waals surface area (Å²) >= 11 is 5.86. The summed E-state index contributed by atoms with van der Waals surface area (Å²) in [7, 11) is 0. The summed E-state index contributed by atoms with van der Waals surface area (Å²) in [5, 5.41) is 3.96. The molecule has 0 fully saturated rings. The first-order valence-corrected chi connectivity index (χ1v) is 7.93. The molecule has 1 heterocycles. The van der Waals surface area contributed by atoms with Gasteiger partial charge < -0.3 is 15.0 Å². The Hall–Kier alpha value is -2.20. The summed E-state index contributed by atoms with van der Waals surface area (Å²) in [5.41, 5.74) is 1.22. The van der Waals surface area contributed by atoms with Crippen LogP contribution in [0, 0.1) is 0 Å². The molecule has 5 heteroatoms. The molecule has 4 nitrogen and oxygen atoms in total. The fourth-order valence-electron chi connectivity index (χ4n) is 2.66. The average molecular weight is 331 g/mol. The smallest absolute Gasteiger partial charge is 0.252 e. The van der Waals surface area contributed by atoms with Crippen molar-refractivity contribution >= 4 is 28.9 Å². The first kappa shape index (κ1) is 15.7. The number of anilines is 2. The predicted octanol–water partition coefficient (Wildman–Crippen LogP) is 3.96. The summed E-state index contributed by atoms with van der Waals surface area (Å²) in [6.07, 6.45) is 0. The number of carbonyl (C=O) groups is 1. The molecule has 0 saturated heterocycles. The Morgan fingerprint density at radius 1 is 1.13 bits per heavy atom. The number of carbonyl (C=O) groups excluding carboxylic acids is 1. The zero-order chi connectivity index (χ0) is 16.4.